The zero-order valence-electron chi connectivity index (χ0n) is 11.6. The number of aliphatic hydroxyl groups excluding tert-OH is 1. The van der Waals surface area contributed by atoms with Crippen LogP contribution in [0.5, 0.6) is 0 Å². The van der Waals surface area contributed by atoms with Gasteiger partial charge in [-0.15, -0.1) is 0 Å². The van der Waals surface area contributed by atoms with E-state index in [1.54, 1.807) is 0 Å². The Bertz CT molecular complexity index is 576. The minimum Gasteiger partial charge on any atom is -0.390 e. The zero-order chi connectivity index (χ0) is 13.4. The number of fused-ring (bicyclic) bond motifs is 1. The van der Waals surface area contributed by atoms with Gasteiger partial charge < -0.3 is 10.0 Å². The van der Waals surface area contributed by atoms with Crippen molar-refractivity contribution in [3.05, 3.63) is 30.1 Å². The lowest BCUT2D eigenvalue weighted by Crippen LogP contribution is -2.34. The molecular formula is C15H21N3O. The fourth-order valence-corrected chi connectivity index (χ4v) is 3.16. The Hall–Kier alpha value is -1.55. The van der Waals surface area contributed by atoms with Crippen molar-refractivity contribution >= 4 is 11.5 Å². The summed E-state index contributed by atoms with van der Waals surface area (Å²) in [5, 5.41) is 9.70. The molecule has 1 atom stereocenters. The second-order valence-corrected chi connectivity index (χ2v) is 5.62. The van der Waals surface area contributed by atoms with E-state index in [4.69, 9.17) is 4.98 Å². The number of pyridine rings is 1. The van der Waals surface area contributed by atoms with Crippen molar-refractivity contribution in [2.45, 2.75) is 39.3 Å². The minimum absolute atomic E-state index is 0.0296. The number of aromatic nitrogens is 2. The van der Waals surface area contributed by atoms with E-state index < -0.39 is 0 Å². The van der Waals surface area contributed by atoms with Crippen molar-refractivity contribution in [1.29, 1.82) is 0 Å². The number of imidazole rings is 1. The molecule has 1 aliphatic rings. The van der Waals surface area contributed by atoms with Gasteiger partial charge in [-0.3, -0.25) is 4.40 Å². The maximum absolute atomic E-state index is 9.70. The summed E-state index contributed by atoms with van der Waals surface area (Å²) in [6, 6.07) is 6.48. The molecule has 1 fully saturated rings. The molecule has 4 nitrogen and oxygen atoms in total. The number of anilines is 1. The first-order valence-corrected chi connectivity index (χ1v) is 7.06. The molecule has 0 amide bonds. The Morgan fingerprint density at radius 3 is 3.00 bits per heavy atom. The van der Waals surface area contributed by atoms with Gasteiger partial charge >= 0.3 is 0 Å². The molecule has 0 radical (unpaired) electrons. The fraction of sp³-hybridized carbons (Fsp3) is 0.533. The normalized spacial score (nSPS) is 19.8. The van der Waals surface area contributed by atoms with Crippen LogP contribution < -0.4 is 4.90 Å². The number of aliphatic hydroxyl groups is 1. The lowest BCUT2D eigenvalue weighted by molar-refractivity contribution is 0.275. The highest BCUT2D eigenvalue weighted by Gasteiger charge is 2.30. The molecule has 0 bridgehead atoms. The van der Waals surface area contributed by atoms with Gasteiger partial charge in [-0.1, -0.05) is 19.9 Å². The van der Waals surface area contributed by atoms with Crippen LogP contribution >= 0.6 is 0 Å². The summed E-state index contributed by atoms with van der Waals surface area (Å²) >= 11 is 0. The van der Waals surface area contributed by atoms with Gasteiger partial charge in [0.1, 0.15) is 5.65 Å². The van der Waals surface area contributed by atoms with E-state index in [0.717, 1.165) is 23.7 Å². The van der Waals surface area contributed by atoms with E-state index in [2.05, 4.69) is 18.7 Å². The van der Waals surface area contributed by atoms with Crippen molar-refractivity contribution in [2.24, 2.45) is 5.92 Å². The topological polar surface area (TPSA) is 40.8 Å². The van der Waals surface area contributed by atoms with Crippen LogP contribution in [0.3, 0.4) is 0 Å². The summed E-state index contributed by atoms with van der Waals surface area (Å²) in [7, 11) is 0. The van der Waals surface area contributed by atoms with Gasteiger partial charge in [-0.05, 0) is 30.9 Å². The van der Waals surface area contributed by atoms with E-state index in [9.17, 15) is 5.11 Å². The Kier molecular flexibility index (Phi) is 3.19. The Balaban J connectivity index is 2.09. The molecule has 1 saturated heterocycles. The van der Waals surface area contributed by atoms with Crippen molar-refractivity contribution < 1.29 is 5.11 Å². The molecule has 1 aliphatic heterocycles. The first-order chi connectivity index (χ1) is 9.22. The number of hydrogen-bond donors (Lipinski definition) is 1. The summed E-state index contributed by atoms with van der Waals surface area (Å²) in [5.41, 5.74) is 1.82. The molecule has 3 rings (SSSR count). The molecule has 102 valence electrons. The van der Waals surface area contributed by atoms with E-state index >= 15 is 0 Å². The number of nitrogens with zero attached hydrogens (tertiary/aromatic N) is 3. The van der Waals surface area contributed by atoms with E-state index in [1.807, 2.05) is 28.8 Å². The van der Waals surface area contributed by atoms with Gasteiger partial charge in [0.15, 0.2) is 5.82 Å². The second-order valence-electron chi connectivity index (χ2n) is 5.62. The van der Waals surface area contributed by atoms with Crippen LogP contribution in [0.25, 0.3) is 5.65 Å². The number of hydrogen-bond acceptors (Lipinski definition) is 3. The van der Waals surface area contributed by atoms with Crippen molar-refractivity contribution in [2.75, 3.05) is 11.4 Å². The SMILES string of the molecule is CC(C)C1CCCN1c1nc2ccccn2c1CO. The zero-order valence-corrected chi connectivity index (χ0v) is 11.6. The highest BCUT2D eigenvalue weighted by molar-refractivity contribution is 5.56. The maximum atomic E-state index is 9.70. The minimum atomic E-state index is 0.0296. The molecular weight excluding hydrogens is 238 g/mol. The average Bonchev–Trinajstić information content (AvgIpc) is 3.02. The molecule has 0 saturated carbocycles. The Labute approximate surface area is 113 Å². The molecule has 1 unspecified atom stereocenters. The van der Waals surface area contributed by atoms with Gasteiger partial charge in [-0.2, -0.15) is 0 Å². The summed E-state index contributed by atoms with van der Waals surface area (Å²) < 4.78 is 1.99. The van der Waals surface area contributed by atoms with Crippen LogP contribution in [0, 0.1) is 5.92 Å². The van der Waals surface area contributed by atoms with Crippen molar-refractivity contribution in [3.8, 4) is 0 Å². The molecule has 3 heterocycles. The van der Waals surface area contributed by atoms with Gasteiger partial charge in [0, 0.05) is 18.8 Å². The van der Waals surface area contributed by atoms with E-state index in [1.165, 1.54) is 12.8 Å². The average molecular weight is 259 g/mol. The first kappa shape index (κ1) is 12.5. The Morgan fingerprint density at radius 1 is 1.42 bits per heavy atom. The summed E-state index contributed by atoms with van der Waals surface area (Å²) in [6.07, 6.45) is 4.40. The predicted octanol–water partition coefficient (Wildman–Crippen LogP) is 2.45. The largest absolute Gasteiger partial charge is 0.390 e. The predicted molar refractivity (Wildman–Crippen MR) is 76.3 cm³/mol. The van der Waals surface area contributed by atoms with Gasteiger partial charge in [0.2, 0.25) is 0 Å². The summed E-state index contributed by atoms with van der Waals surface area (Å²) in [5.74, 6) is 1.57. The van der Waals surface area contributed by atoms with Crippen LogP contribution in [0.15, 0.2) is 24.4 Å². The molecule has 0 aliphatic carbocycles. The standard InChI is InChI=1S/C15H21N3O/c1-11(2)12-6-5-9-18(12)15-13(10-19)17-8-4-3-7-14(17)16-15/h3-4,7-8,11-12,19H,5-6,9-10H2,1-2H3. The third kappa shape index (κ3) is 2.00. The van der Waals surface area contributed by atoms with Crippen LogP contribution in [-0.4, -0.2) is 27.1 Å². The number of rotatable bonds is 3. The van der Waals surface area contributed by atoms with Gasteiger partial charge in [0.05, 0.1) is 12.3 Å². The Morgan fingerprint density at radius 2 is 2.26 bits per heavy atom. The van der Waals surface area contributed by atoms with Crippen molar-refractivity contribution in [1.82, 2.24) is 9.38 Å². The van der Waals surface area contributed by atoms with Crippen LogP contribution in [0.1, 0.15) is 32.4 Å². The first-order valence-electron chi connectivity index (χ1n) is 7.06. The maximum Gasteiger partial charge on any atom is 0.153 e. The highest BCUT2D eigenvalue weighted by atomic mass is 16.3. The summed E-state index contributed by atoms with van der Waals surface area (Å²) in [4.78, 5) is 7.11. The van der Waals surface area contributed by atoms with Crippen LogP contribution in [-0.2, 0) is 6.61 Å². The van der Waals surface area contributed by atoms with Crippen LogP contribution in [0.4, 0.5) is 5.82 Å². The fourth-order valence-electron chi connectivity index (χ4n) is 3.16. The summed E-state index contributed by atoms with van der Waals surface area (Å²) in [6.45, 7) is 5.59. The molecule has 4 heteroatoms. The second kappa shape index (κ2) is 4.85. The lowest BCUT2D eigenvalue weighted by Gasteiger charge is -2.28. The van der Waals surface area contributed by atoms with Crippen LogP contribution in [0.2, 0.25) is 0 Å². The quantitative estimate of drug-likeness (QED) is 0.920. The molecule has 0 aromatic carbocycles. The molecule has 1 N–H and O–H groups in total. The third-order valence-corrected chi connectivity index (χ3v) is 4.10. The smallest absolute Gasteiger partial charge is 0.153 e. The monoisotopic (exact) mass is 259 g/mol. The molecule has 0 spiro atoms. The molecule has 2 aromatic rings. The van der Waals surface area contributed by atoms with E-state index in [-0.39, 0.29) is 6.61 Å². The van der Waals surface area contributed by atoms with Gasteiger partial charge in [-0.25, -0.2) is 4.98 Å². The molecule has 2 aromatic heterocycles. The van der Waals surface area contributed by atoms with Gasteiger partial charge in [0.25, 0.3) is 0 Å². The third-order valence-electron chi connectivity index (χ3n) is 4.10. The van der Waals surface area contributed by atoms with E-state index in [0.29, 0.717) is 12.0 Å². The lowest BCUT2D eigenvalue weighted by atomic mass is 10.0. The molecule has 19 heavy (non-hydrogen) atoms. The highest BCUT2D eigenvalue weighted by Crippen LogP contribution is 2.32. The van der Waals surface area contributed by atoms with Crippen molar-refractivity contribution in [3.63, 3.8) is 0 Å².